The number of hydrogen-bond acceptors (Lipinski definition) is 2. The Balaban J connectivity index is 2.41. The van der Waals surface area contributed by atoms with Gasteiger partial charge in [0.2, 0.25) is 0 Å². The minimum Gasteiger partial charge on any atom is -0.481 e. The Morgan fingerprint density at radius 3 is 3.23 bits per heavy atom. The lowest BCUT2D eigenvalue weighted by atomic mass is 9.99. The summed E-state index contributed by atoms with van der Waals surface area (Å²) in [4.78, 5) is 15.1. The van der Waals surface area contributed by atoms with Gasteiger partial charge in [0.25, 0.3) is 0 Å². The van der Waals surface area contributed by atoms with Crippen LogP contribution in [0.5, 0.6) is 0 Å². The number of carbonyl (C=O) groups is 1. The molecule has 70 valence electrons. The average Bonchev–Trinajstić information content (AvgIpc) is 2.43. The van der Waals surface area contributed by atoms with Gasteiger partial charge >= 0.3 is 5.97 Å². The van der Waals surface area contributed by atoms with Gasteiger partial charge in [0.15, 0.2) is 0 Å². The molecule has 0 aromatic carbocycles. The van der Waals surface area contributed by atoms with Crippen molar-refractivity contribution in [1.29, 1.82) is 0 Å². The topological polar surface area (TPSA) is 55.1 Å². The summed E-state index contributed by atoms with van der Waals surface area (Å²) in [6, 6.07) is 0. The molecule has 4 nitrogen and oxygen atoms in total. The maximum absolute atomic E-state index is 10.9. The van der Waals surface area contributed by atoms with E-state index in [0.29, 0.717) is 6.42 Å². The first-order valence-electron chi connectivity index (χ1n) is 4.45. The van der Waals surface area contributed by atoms with E-state index in [1.54, 1.807) is 0 Å². The molecule has 2 heterocycles. The summed E-state index contributed by atoms with van der Waals surface area (Å²) in [5.41, 5.74) is 0.906. The number of carboxylic acids is 1. The average molecular weight is 180 g/mol. The highest BCUT2D eigenvalue weighted by Crippen LogP contribution is 2.26. The van der Waals surface area contributed by atoms with Crippen molar-refractivity contribution in [3.05, 3.63) is 17.7 Å². The van der Waals surface area contributed by atoms with E-state index in [9.17, 15) is 4.79 Å². The third-order valence-electron chi connectivity index (χ3n) is 2.43. The van der Waals surface area contributed by atoms with Crippen LogP contribution in [0.3, 0.4) is 0 Å². The fraction of sp³-hybridized carbons (Fsp3) is 0.556. The molecule has 0 fully saturated rings. The highest BCUT2D eigenvalue weighted by atomic mass is 16.4. The van der Waals surface area contributed by atoms with Crippen molar-refractivity contribution in [2.75, 3.05) is 0 Å². The van der Waals surface area contributed by atoms with Gasteiger partial charge in [-0.2, -0.15) is 0 Å². The number of rotatable bonds is 1. The van der Waals surface area contributed by atoms with E-state index in [0.717, 1.165) is 24.5 Å². The summed E-state index contributed by atoms with van der Waals surface area (Å²) in [6.07, 6.45) is 3.57. The van der Waals surface area contributed by atoms with Crippen LogP contribution in [-0.4, -0.2) is 20.6 Å². The first kappa shape index (κ1) is 8.29. The molecule has 13 heavy (non-hydrogen) atoms. The van der Waals surface area contributed by atoms with E-state index in [4.69, 9.17) is 5.11 Å². The summed E-state index contributed by atoms with van der Waals surface area (Å²) in [7, 11) is 0. The highest BCUT2D eigenvalue weighted by molar-refractivity contribution is 5.75. The van der Waals surface area contributed by atoms with Crippen LogP contribution in [0, 0.1) is 6.92 Å². The molecule has 1 aliphatic heterocycles. The third kappa shape index (κ3) is 1.32. The van der Waals surface area contributed by atoms with Crippen LogP contribution in [0.1, 0.15) is 30.3 Å². The Morgan fingerprint density at radius 1 is 1.77 bits per heavy atom. The molecule has 1 N–H and O–H groups in total. The molecule has 1 unspecified atom stereocenters. The lowest BCUT2D eigenvalue weighted by molar-refractivity contribution is -0.139. The van der Waals surface area contributed by atoms with Gasteiger partial charge in [0.05, 0.1) is 5.69 Å². The summed E-state index contributed by atoms with van der Waals surface area (Å²) in [5.74, 6) is -0.440. The van der Waals surface area contributed by atoms with Crippen LogP contribution >= 0.6 is 0 Å². The first-order valence-corrected chi connectivity index (χ1v) is 4.45. The molecule has 1 aliphatic rings. The van der Waals surface area contributed by atoms with E-state index in [1.807, 2.05) is 17.7 Å². The molecular formula is C9H12N2O2. The fourth-order valence-corrected chi connectivity index (χ4v) is 1.85. The molecule has 4 heteroatoms. The van der Waals surface area contributed by atoms with Crippen molar-refractivity contribution in [3.63, 3.8) is 0 Å². The van der Waals surface area contributed by atoms with E-state index in [1.165, 1.54) is 0 Å². The zero-order valence-electron chi connectivity index (χ0n) is 7.53. The first-order chi connectivity index (χ1) is 6.18. The van der Waals surface area contributed by atoms with Gasteiger partial charge in [-0.05, 0) is 19.8 Å². The zero-order chi connectivity index (χ0) is 9.42. The molecule has 1 aromatic heterocycles. The largest absolute Gasteiger partial charge is 0.481 e. The molecule has 0 radical (unpaired) electrons. The van der Waals surface area contributed by atoms with E-state index in [2.05, 4.69) is 4.98 Å². The van der Waals surface area contributed by atoms with Crippen LogP contribution in [0.2, 0.25) is 0 Å². The maximum atomic E-state index is 10.9. The van der Waals surface area contributed by atoms with Gasteiger partial charge in [-0.25, -0.2) is 4.98 Å². The van der Waals surface area contributed by atoms with Gasteiger partial charge in [-0.15, -0.1) is 0 Å². The predicted molar refractivity (Wildman–Crippen MR) is 46.6 cm³/mol. The van der Waals surface area contributed by atoms with E-state index >= 15 is 0 Å². The van der Waals surface area contributed by atoms with Gasteiger partial charge in [-0.1, -0.05) is 0 Å². The van der Waals surface area contributed by atoms with Crippen molar-refractivity contribution < 1.29 is 9.90 Å². The summed E-state index contributed by atoms with van der Waals surface area (Å²) < 4.78 is 1.96. The smallest absolute Gasteiger partial charge is 0.314 e. The second-order valence-electron chi connectivity index (χ2n) is 3.47. The van der Waals surface area contributed by atoms with Gasteiger partial charge in [0, 0.05) is 12.7 Å². The number of aryl methyl sites for hydroxylation is 2. The summed E-state index contributed by atoms with van der Waals surface area (Å²) >= 11 is 0. The lowest BCUT2D eigenvalue weighted by Crippen LogP contribution is -2.21. The normalized spacial score (nSPS) is 21.2. The van der Waals surface area contributed by atoms with Crippen LogP contribution < -0.4 is 0 Å². The Morgan fingerprint density at radius 2 is 2.54 bits per heavy atom. The van der Waals surface area contributed by atoms with E-state index < -0.39 is 11.9 Å². The molecule has 0 saturated heterocycles. The Bertz CT molecular complexity index is 343. The Hall–Kier alpha value is -1.32. The minimum absolute atomic E-state index is 0.401. The monoisotopic (exact) mass is 180 g/mol. The third-order valence-corrected chi connectivity index (χ3v) is 2.43. The molecular weight excluding hydrogens is 168 g/mol. The number of fused-ring (bicyclic) bond motifs is 1. The number of aliphatic carboxylic acids is 1. The second kappa shape index (κ2) is 2.87. The highest BCUT2D eigenvalue weighted by Gasteiger charge is 2.27. The molecule has 0 saturated carbocycles. The van der Waals surface area contributed by atoms with Gasteiger partial charge < -0.3 is 9.67 Å². The second-order valence-corrected chi connectivity index (χ2v) is 3.47. The molecule has 0 bridgehead atoms. The zero-order valence-corrected chi connectivity index (χ0v) is 7.53. The van der Waals surface area contributed by atoms with Crippen molar-refractivity contribution >= 4 is 5.97 Å². The SMILES string of the molecule is Cc1cn2c(n1)C(C(=O)O)CCC2. The standard InChI is InChI=1S/C9H12N2O2/c1-6-5-11-4-2-3-7(9(12)13)8(11)10-6/h5,7H,2-4H2,1H3,(H,12,13). The predicted octanol–water partition coefficient (Wildman–Crippen LogP) is 1.15. The molecule has 1 aromatic rings. The number of carboxylic acid groups (broad SMARTS) is 1. The van der Waals surface area contributed by atoms with Crippen LogP contribution in [0.15, 0.2) is 6.20 Å². The van der Waals surface area contributed by atoms with Crippen LogP contribution in [0.4, 0.5) is 0 Å². The number of nitrogens with zero attached hydrogens (tertiary/aromatic N) is 2. The Labute approximate surface area is 76.2 Å². The minimum atomic E-state index is -0.758. The maximum Gasteiger partial charge on any atom is 0.314 e. The number of aromatic nitrogens is 2. The Kier molecular flexibility index (Phi) is 1.83. The van der Waals surface area contributed by atoms with Crippen molar-refractivity contribution in [3.8, 4) is 0 Å². The van der Waals surface area contributed by atoms with Crippen molar-refractivity contribution in [1.82, 2.24) is 9.55 Å². The molecule has 1 atom stereocenters. The molecule has 2 rings (SSSR count). The molecule has 0 aliphatic carbocycles. The van der Waals surface area contributed by atoms with Gasteiger partial charge in [-0.3, -0.25) is 4.79 Å². The van der Waals surface area contributed by atoms with Crippen molar-refractivity contribution in [2.24, 2.45) is 0 Å². The summed E-state index contributed by atoms with van der Waals surface area (Å²) in [6.45, 7) is 2.80. The summed E-state index contributed by atoms with van der Waals surface area (Å²) in [5, 5.41) is 8.94. The lowest BCUT2D eigenvalue weighted by Gasteiger charge is -2.19. The fourth-order valence-electron chi connectivity index (χ4n) is 1.85. The van der Waals surface area contributed by atoms with Crippen LogP contribution in [0.25, 0.3) is 0 Å². The quantitative estimate of drug-likeness (QED) is 0.705. The van der Waals surface area contributed by atoms with Crippen molar-refractivity contribution in [2.45, 2.75) is 32.2 Å². The van der Waals surface area contributed by atoms with Gasteiger partial charge in [0.1, 0.15) is 11.7 Å². The van der Waals surface area contributed by atoms with Crippen LogP contribution in [-0.2, 0) is 11.3 Å². The molecule has 0 spiro atoms. The number of hydrogen-bond donors (Lipinski definition) is 1. The number of imidazole rings is 1. The van der Waals surface area contributed by atoms with E-state index in [-0.39, 0.29) is 0 Å². The molecule has 0 amide bonds.